The predicted octanol–water partition coefficient (Wildman–Crippen LogP) is 3.48. The second-order valence-corrected chi connectivity index (χ2v) is 6.23. The highest BCUT2D eigenvalue weighted by molar-refractivity contribution is 5.39. The van der Waals surface area contributed by atoms with E-state index in [1.165, 1.54) is 30.4 Å². The second-order valence-electron chi connectivity index (χ2n) is 6.23. The van der Waals surface area contributed by atoms with E-state index < -0.39 is 0 Å². The van der Waals surface area contributed by atoms with E-state index in [9.17, 15) is 0 Å². The van der Waals surface area contributed by atoms with Crippen molar-refractivity contribution in [2.75, 3.05) is 26.4 Å². The zero-order valence-corrected chi connectivity index (χ0v) is 13.1. The average molecular weight is 289 g/mol. The van der Waals surface area contributed by atoms with Gasteiger partial charge in [-0.2, -0.15) is 0 Å². The summed E-state index contributed by atoms with van der Waals surface area (Å²) in [4.78, 5) is 0. The van der Waals surface area contributed by atoms with E-state index in [0.29, 0.717) is 12.0 Å². The Morgan fingerprint density at radius 1 is 1.24 bits per heavy atom. The van der Waals surface area contributed by atoms with Crippen LogP contribution in [0.5, 0.6) is 5.75 Å². The number of nitrogens with one attached hydrogen (secondary N) is 1. The maximum absolute atomic E-state index is 6.05. The highest BCUT2D eigenvalue weighted by atomic mass is 16.5. The van der Waals surface area contributed by atoms with Gasteiger partial charge in [-0.3, -0.25) is 0 Å². The van der Waals surface area contributed by atoms with Crippen LogP contribution >= 0.6 is 0 Å². The van der Waals surface area contributed by atoms with Crippen molar-refractivity contribution < 1.29 is 9.47 Å². The van der Waals surface area contributed by atoms with Crippen LogP contribution < -0.4 is 10.1 Å². The lowest BCUT2D eigenvalue weighted by Crippen LogP contribution is -2.25. The van der Waals surface area contributed by atoms with Crippen LogP contribution in [0.3, 0.4) is 0 Å². The Balaban J connectivity index is 1.64. The summed E-state index contributed by atoms with van der Waals surface area (Å²) in [6.45, 7) is 5.81. The highest BCUT2D eigenvalue weighted by Crippen LogP contribution is 2.32. The molecule has 116 valence electrons. The second kappa shape index (κ2) is 7.28. The Bertz CT molecular complexity index is 455. The normalized spacial score (nSPS) is 22.8. The molecule has 21 heavy (non-hydrogen) atoms. The van der Waals surface area contributed by atoms with Gasteiger partial charge in [0.25, 0.3) is 0 Å². The van der Waals surface area contributed by atoms with Gasteiger partial charge in [0.1, 0.15) is 5.75 Å². The molecule has 1 saturated heterocycles. The monoisotopic (exact) mass is 289 g/mol. The van der Waals surface area contributed by atoms with Gasteiger partial charge in [-0.1, -0.05) is 13.0 Å². The number of rotatable bonds is 5. The van der Waals surface area contributed by atoms with E-state index in [1.807, 2.05) is 0 Å². The van der Waals surface area contributed by atoms with Gasteiger partial charge in [-0.25, -0.2) is 0 Å². The van der Waals surface area contributed by atoms with Crippen LogP contribution in [0, 0.1) is 5.92 Å². The lowest BCUT2D eigenvalue weighted by molar-refractivity contribution is 0.0497. The molecular weight excluding hydrogens is 262 g/mol. The van der Waals surface area contributed by atoms with Crippen molar-refractivity contribution in [1.82, 2.24) is 5.32 Å². The third-order valence-corrected chi connectivity index (χ3v) is 4.71. The molecule has 1 unspecified atom stereocenters. The van der Waals surface area contributed by atoms with Gasteiger partial charge >= 0.3 is 0 Å². The Morgan fingerprint density at radius 3 is 2.90 bits per heavy atom. The van der Waals surface area contributed by atoms with Crippen molar-refractivity contribution in [3.05, 3.63) is 29.3 Å². The first-order chi connectivity index (χ1) is 10.4. The molecule has 1 atom stereocenters. The number of benzene rings is 1. The molecule has 2 aliphatic rings. The fraction of sp³-hybridized carbons (Fsp3) is 0.667. The number of hydrogen-bond donors (Lipinski definition) is 1. The minimum atomic E-state index is 0.505. The van der Waals surface area contributed by atoms with Gasteiger partial charge < -0.3 is 14.8 Å². The lowest BCUT2D eigenvalue weighted by Gasteiger charge is -2.27. The van der Waals surface area contributed by atoms with Crippen LogP contribution in [0.25, 0.3) is 0 Å². The van der Waals surface area contributed by atoms with Crippen LogP contribution in [0.15, 0.2) is 18.2 Å². The Morgan fingerprint density at radius 2 is 2.10 bits per heavy atom. The molecule has 0 aromatic heterocycles. The fourth-order valence-corrected chi connectivity index (χ4v) is 3.45. The van der Waals surface area contributed by atoms with Gasteiger partial charge in [0.2, 0.25) is 0 Å². The molecule has 0 spiro atoms. The van der Waals surface area contributed by atoms with Gasteiger partial charge in [0.05, 0.1) is 6.61 Å². The summed E-state index contributed by atoms with van der Waals surface area (Å²) in [5.41, 5.74) is 2.94. The van der Waals surface area contributed by atoms with Crippen molar-refractivity contribution in [3.8, 4) is 5.75 Å². The first-order valence-corrected chi connectivity index (χ1v) is 8.43. The van der Waals surface area contributed by atoms with Gasteiger partial charge in [-0.05, 0) is 67.8 Å². The summed E-state index contributed by atoms with van der Waals surface area (Å²) >= 11 is 0. The molecule has 0 radical (unpaired) electrons. The topological polar surface area (TPSA) is 30.5 Å². The molecule has 1 N–H and O–H groups in total. The molecule has 1 heterocycles. The molecule has 1 fully saturated rings. The van der Waals surface area contributed by atoms with Crippen LogP contribution in [-0.4, -0.2) is 26.4 Å². The summed E-state index contributed by atoms with van der Waals surface area (Å²) in [5.74, 6) is 1.68. The minimum Gasteiger partial charge on any atom is -0.493 e. The maximum atomic E-state index is 6.05. The molecule has 0 bridgehead atoms. The van der Waals surface area contributed by atoms with Crippen molar-refractivity contribution >= 4 is 0 Å². The predicted molar refractivity (Wildman–Crippen MR) is 84.8 cm³/mol. The van der Waals surface area contributed by atoms with Crippen LogP contribution in [0.1, 0.15) is 49.8 Å². The SMILES string of the molecule is CCNC1CCCc2ccc(OCC3CCOCC3)cc21. The standard InChI is InChI=1S/C18H27NO2/c1-2-19-18-5-3-4-15-6-7-16(12-17(15)18)21-13-14-8-10-20-11-9-14/h6-7,12,14,18-19H,2-5,8-11,13H2,1H3. The number of hydrogen-bond acceptors (Lipinski definition) is 3. The molecule has 1 aliphatic carbocycles. The summed E-state index contributed by atoms with van der Waals surface area (Å²) in [5, 5.41) is 3.60. The van der Waals surface area contributed by atoms with Gasteiger partial charge in [-0.15, -0.1) is 0 Å². The first kappa shape index (κ1) is 14.9. The highest BCUT2D eigenvalue weighted by Gasteiger charge is 2.20. The maximum Gasteiger partial charge on any atom is 0.119 e. The van der Waals surface area contributed by atoms with E-state index in [1.54, 1.807) is 0 Å². The molecule has 0 amide bonds. The molecule has 1 aromatic rings. The Labute approximate surface area is 128 Å². The third kappa shape index (κ3) is 3.78. The van der Waals surface area contributed by atoms with Crippen LogP contribution in [0.4, 0.5) is 0 Å². The summed E-state index contributed by atoms with van der Waals surface area (Å²) in [6.07, 6.45) is 5.99. The zero-order chi connectivity index (χ0) is 14.5. The number of aryl methyl sites for hydroxylation is 1. The largest absolute Gasteiger partial charge is 0.493 e. The van der Waals surface area contributed by atoms with Crippen molar-refractivity contribution in [2.45, 2.75) is 45.1 Å². The van der Waals surface area contributed by atoms with Gasteiger partial charge in [0.15, 0.2) is 0 Å². The van der Waals surface area contributed by atoms with E-state index in [0.717, 1.165) is 45.0 Å². The van der Waals surface area contributed by atoms with E-state index in [2.05, 4.69) is 30.4 Å². The molecular formula is C18H27NO2. The quantitative estimate of drug-likeness (QED) is 0.900. The third-order valence-electron chi connectivity index (χ3n) is 4.71. The van der Waals surface area contributed by atoms with Crippen molar-refractivity contribution in [2.24, 2.45) is 5.92 Å². The molecule has 3 heteroatoms. The molecule has 1 aromatic carbocycles. The number of ether oxygens (including phenoxy) is 2. The average Bonchev–Trinajstić information content (AvgIpc) is 2.54. The molecule has 1 aliphatic heterocycles. The fourth-order valence-electron chi connectivity index (χ4n) is 3.45. The van der Waals surface area contributed by atoms with Crippen molar-refractivity contribution in [1.29, 1.82) is 0 Å². The molecule has 3 nitrogen and oxygen atoms in total. The molecule has 0 saturated carbocycles. The van der Waals surface area contributed by atoms with E-state index in [-0.39, 0.29) is 0 Å². The minimum absolute atomic E-state index is 0.505. The molecule has 3 rings (SSSR count). The van der Waals surface area contributed by atoms with Crippen LogP contribution in [-0.2, 0) is 11.2 Å². The Kier molecular flexibility index (Phi) is 5.15. The summed E-state index contributed by atoms with van der Waals surface area (Å²) in [7, 11) is 0. The zero-order valence-electron chi connectivity index (χ0n) is 13.1. The summed E-state index contributed by atoms with van der Waals surface area (Å²) in [6, 6.07) is 7.18. The van der Waals surface area contributed by atoms with Gasteiger partial charge in [0, 0.05) is 19.3 Å². The van der Waals surface area contributed by atoms with E-state index in [4.69, 9.17) is 9.47 Å². The van der Waals surface area contributed by atoms with Crippen molar-refractivity contribution in [3.63, 3.8) is 0 Å². The van der Waals surface area contributed by atoms with Crippen LogP contribution in [0.2, 0.25) is 0 Å². The van der Waals surface area contributed by atoms with E-state index >= 15 is 0 Å². The number of fused-ring (bicyclic) bond motifs is 1. The lowest BCUT2D eigenvalue weighted by atomic mass is 9.87. The Hall–Kier alpha value is -1.06. The summed E-state index contributed by atoms with van der Waals surface area (Å²) < 4.78 is 11.5. The first-order valence-electron chi connectivity index (χ1n) is 8.43. The smallest absolute Gasteiger partial charge is 0.119 e.